The number of carbonyl (C=O) groups is 1. The van der Waals surface area contributed by atoms with Crippen molar-refractivity contribution in [3.05, 3.63) is 65.2 Å². The van der Waals surface area contributed by atoms with E-state index in [1.165, 1.54) is 16.8 Å². The topological polar surface area (TPSA) is 23.6 Å². The highest BCUT2D eigenvalue weighted by Crippen LogP contribution is 2.21. The first kappa shape index (κ1) is 15.6. The fraction of sp³-hybridized carbons (Fsp3) is 0.350. The van der Waals surface area contributed by atoms with E-state index in [9.17, 15) is 4.79 Å². The first-order chi connectivity index (χ1) is 11.1. The Morgan fingerprint density at radius 2 is 1.57 bits per heavy atom. The lowest BCUT2D eigenvalue weighted by Crippen LogP contribution is -2.49. The number of hydrogen-bond acceptors (Lipinski definition) is 2. The molecule has 3 heteroatoms. The van der Waals surface area contributed by atoms with Gasteiger partial charge in [0, 0.05) is 31.9 Å². The molecule has 1 aliphatic rings. The Morgan fingerprint density at radius 3 is 2.22 bits per heavy atom. The Bertz CT molecular complexity index is 670. The monoisotopic (exact) mass is 308 g/mol. The molecular weight excluding hydrogens is 284 g/mol. The molecule has 2 aromatic rings. The Balaban J connectivity index is 1.57. The third kappa shape index (κ3) is 3.73. The Morgan fingerprint density at radius 1 is 0.913 bits per heavy atom. The number of anilines is 1. The van der Waals surface area contributed by atoms with Crippen molar-refractivity contribution in [2.24, 2.45) is 0 Å². The van der Waals surface area contributed by atoms with Gasteiger partial charge in [-0.25, -0.2) is 0 Å². The fourth-order valence-electron chi connectivity index (χ4n) is 3.11. The minimum atomic E-state index is 0.235. The molecule has 1 aliphatic heterocycles. The van der Waals surface area contributed by atoms with E-state index in [2.05, 4.69) is 67.3 Å². The first-order valence-electron chi connectivity index (χ1n) is 8.27. The van der Waals surface area contributed by atoms with Crippen LogP contribution in [0, 0.1) is 13.8 Å². The van der Waals surface area contributed by atoms with Gasteiger partial charge in [0.2, 0.25) is 5.91 Å². The maximum absolute atomic E-state index is 12.5. The van der Waals surface area contributed by atoms with Crippen LogP contribution in [-0.4, -0.2) is 37.0 Å². The van der Waals surface area contributed by atoms with Crippen molar-refractivity contribution < 1.29 is 4.79 Å². The largest absolute Gasteiger partial charge is 0.368 e. The number of piperazine rings is 1. The highest BCUT2D eigenvalue weighted by Gasteiger charge is 2.21. The molecular formula is C20H24N2O. The van der Waals surface area contributed by atoms with Gasteiger partial charge in [-0.15, -0.1) is 0 Å². The lowest BCUT2D eigenvalue weighted by Gasteiger charge is -2.37. The van der Waals surface area contributed by atoms with Gasteiger partial charge in [0.15, 0.2) is 0 Å². The lowest BCUT2D eigenvalue weighted by molar-refractivity contribution is -0.130. The van der Waals surface area contributed by atoms with Gasteiger partial charge >= 0.3 is 0 Å². The minimum absolute atomic E-state index is 0.235. The Hall–Kier alpha value is -2.29. The molecule has 0 aliphatic carbocycles. The van der Waals surface area contributed by atoms with Crippen LogP contribution in [0.1, 0.15) is 16.7 Å². The number of amides is 1. The molecule has 0 spiro atoms. The summed E-state index contributed by atoms with van der Waals surface area (Å²) in [5.74, 6) is 0.235. The first-order valence-corrected chi connectivity index (χ1v) is 8.27. The molecule has 1 heterocycles. The molecule has 1 amide bonds. The van der Waals surface area contributed by atoms with Gasteiger partial charge in [-0.1, -0.05) is 48.0 Å². The van der Waals surface area contributed by atoms with Crippen LogP contribution in [0.25, 0.3) is 0 Å². The van der Waals surface area contributed by atoms with Crippen LogP contribution in [0.4, 0.5) is 5.69 Å². The maximum Gasteiger partial charge on any atom is 0.227 e. The summed E-state index contributed by atoms with van der Waals surface area (Å²) < 4.78 is 0. The van der Waals surface area contributed by atoms with E-state index in [1.807, 2.05) is 4.90 Å². The van der Waals surface area contributed by atoms with Crippen molar-refractivity contribution in [3.63, 3.8) is 0 Å². The maximum atomic E-state index is 12.5. The highest BCUT2D eigenvalue weighted by molar-refractivity contribution is 5.79. The Labute approximate surface area is 138 Å². The zero-order valence-corrected chi connectivity index (χ0v) is 14.0. The van der Waals surface area contributed by atoms with Gasteiger partial charge < -0.3 is 9.80 Å². The predicted molar refractivity (Wildman–Crippen MR) is 94.9 cm³/mol. The minimum Gasteiger partial charge on any atom is -0.368 e. The summed E-state index contributed by atoms with van der Waals surface area (Å²) >= 11 is 0. The van der Waals surface area contributed by atoms with Crippen molar-refractivity contribution >= 4 is 11.6 Å². The molecule has 1 fully saturated rings. The zero-order chi connectivity index (χ0) is 16.2. The van der Waals surface area contributed by atoms with E-state index < -0.39 is 0 Å². The van der Waals surface area contributed by atoms with Crippen molar-refractivity contribution in [2.45, 2.75) is 20.3 Å². The van der Waals surface area contributed by atoms with E-state index in [1.54, 1.807) is 0 Å². The standard InChI is InChI=1S/C20H24N2O/c1-16-7-9-18(10-8-16)15-20(23)22-13-11-21(12-14-22)19-6-4-3-5-17(19)2/h3-10H,11-15H2,1-2H3. The molecule has 1 saturated heterocycles. The smallest absolute Gasteiger partial charge is 0.227 e. The highest BCUT2D eigenvalue weighted by atomic mass is 16.2. The molecule has 120 valence electrons. The third-order valence-electron chi connectivity index (χ3n) is 4.56. The van der Waals surface area contributed by atoms with Gasteiger partial charge in [-0.3, -0.25) is 4.79 Å². The number of hydrogen-bond donors (Lipinski definition) is 0. The predicted octanol–water partition coefficient (Wildman–Crippen LogP) is 3.19. The third-order valence-corrected chi connectivity index (χ3v) is 4.56. The number of carbonyl (C=O) groups excluding carboxylic acids is 1. The van der Waals surface area contributed by atoms with E-state index in [0.717, 1.165) is 31.7 Å². The summed E-state index contributed by atoms with van der Waals surface area (Å²) in [6, 6.07) is 16.7. The molecule has 0 unspecified atom stereocenters. The van der Waals surface area contributed by atoms with Gasteiger partial charge in [0.05, 0.1) is 6.42 Å². The van der Waals surface area contributed by atoms with Crippen molar-refractivity contribution in [1.82, 2.24) is 4.90 Å². The van der Waals surface area contributed by atoms with E-state index in [0.29, 0.717) is 6.42 Å². The van der Waals surface area contributed by atoms with E-state index in [-0.39, 0.29) is 5.91 Å². The normalized spacial score (nSPS) is 14.9. The quantitative estimate of drug-likeness (QED) is 0.869. The van der Waals surface area contributed by atoms with Gasteiger partial charge in [-0.05, 0) is 31.0 Å². The van der Waals surface area contributed by atoms with Crippen LogP contribution >= 0.6 is 0 Å². The number of nitrogens with zero attached hydrogens (tertiary/aromatic N) is 2. The fourth-order valence-corrected chi connectivity index (χ4v) is 3.11. The lowest BCUT2D eigenvalue weighted by atomic mass is 10.1. The molecule has 2 aromatic carbocycles. The second kappa shape index (κ2) is 6.86. The van der Waals surface area contributed by atoms with Crippen molar-refractivity contribution in [1.29, 1.82) is 0 Å². The van der Waals surface area contributed by atoms with Crippen LogP contribution in [0.5, 0.6) is 0 Å². The van der Waals surface area contributed by atoms with Gasteiger partial charge in [0.1, 0.15) is 0 Å². The average molecular weight is 308 g/mol. The number of para-hydroxylation sites is 1. The second-order valence-corrected chi connectivity index (χ2v) is 6.32. The number of benzene rings is 2. The molecule has 0 N–H and O–H groups in total. The van der Waals surface area contributed by atoms with E-state index in [4.69, 9.17) is 0 Å². The molecule has 0 atom stereocenters. The summed E-state index contributed by atoms with van der Waals surface area (Å²) in [7, 11) is 0. The summed E-state index contributed by atoms with van der Waals surface area (Å²) in [4.78, 5) is 16.8. The number of rotatable bonds is 3. The summed E-state index contributed by atoms with van der Waals surface area (Å²) in [5, 5.41) is 0. The van der Waals surface area contributed by atoms with Crippen molar-refractivity contribution in [2.75, 3.05) is 31.1 Å². The molecule has 23 heavy (non-hydrogen) atoms. The molecule has 3 rings (SSSR count). The molecule has 0 bridgehead atoms. The summed E-state index contributed by atoms with van der Waals surface area (Å²) in [5.41, 5.74) is 4.92. The molecule has 0 radical (unpaired) electrons. The molecule has 3 nitrogen and oxygen atoms in total. The van der Waals surface area contributed by atoms with Gasteiger partial charge in [-0.2, -0.15) is 0 Å². The Kier molecular flexibility index (Phi) is 4.65. The average Bonchev–Trinajstić information content (AvgIpc) is 2.57. The van der Waals surface area contributed by atoms with Crippen LogP contribution in [0.2, 0.25) is 0 Å². The molecule has 0 aromatic heterocycles. The second-order valence-electron chi connectivity index (χ2n) is 6.32. The van der Waals surface area contributed by atoms with Crippen LogP contribution in [0.3, 0.4) is 0 Å². The van der Waals surface area contributed by atoms with Crippen LogP contribution in [-0.2, 0) is 11.2 Å². The summed E-state index contributed by atoms with van der Waals surface area (Å²) in [6.07, 6.45) is 0.505. The van der Waals surface area contributed by atoms with Crippen molar-refractivity contribution in [3.8, 4) is 0 Å². The van der Waals surface area contributed by atoms with Gasteiger partial charge in [0.25, 0.3) is 0 Å². The van der Waals surface area contributed by atoms with E-state index >= 15 is 0 Å². The zero-order valence-electron chi connectivity index (χ0n) is 14.0. The summed E-state index contributed by atoms with van der Waals surface area (Å²) in [6.45, 7) is 7.63. The molecule has 0 saturated carbocycles. The van der Waals surface area contributed by atoms with Crippen LogP contribution in [0.15, 0.2) is 48.5 Å². The SMILES string of the molecule is Cc1ccc(CC(=O)N2CCN(c3ccccc3C)CC2)cc1. The van der Waals surface area contributed by atoms with Crippen LogP contribution < -0.4 is 4.90 Å². The number of aryl methyl sites for hydroxylation is 2.